The number of rotatable bonds is 34. The summed E-state index contributed by atoms with van der Waals surface area (Å²) in [6, 6.07) is -0.770. The van der Waals surface area contributed by atoms with Gasteiger partial charge in [-0.3, -0.25) is 24.2 Å². The van der Waals surface area contributed by atoms with Crippen LogP contribution in [0.25, 0.3) is 0 Å². The predicted octanol–water partition coefficient (Wildman–Crippen LogP) is 7.23. The molecule has 0 aliphatic rings. The van der Waals surface area contributed by atoms with Gasteiger partial charge >= 0.3 is 11.9 Å². The van der Waals surface area contributed by atoms with Crippen molar-refractivity contribution in [1.82, 2.24) is 10.6 Å². The SMILES string of the molecule is CCCCCCC(CCCC)C(=O)OCCCCCC(=O)NC(CCN=C(N)N)C(=O)NCCCCOC(=O)C(CCCC)CCCCCC. The van der Waals surface area contributed by atoms with Gasteiger partial charge in [0, 0.05) is 19.5 Å². The highest BCUT2D eigenvalue weighted by Gasteiger charge is 2.22. The van der Waals surface area contributed by atoms with Gasteiger partial charge in [0.15, 0.2) is 5.96 Å². The van der Waals surface area contributed by atoms with E-state index in [0.717, 1.165) is 83.5 Å². The molecule has 3 unspecified atom stereocenters. The highest BCUT2D eigenvalue weighted by molar-refractivity contribution is 5.87. The van der Waals surface area contributed by atoms with Crippen molar-refractivity contribution in [3.8, 4) is 0 Å². The maximum Gasteiger partial charge on any atom is 0.308 e. The van der Waals surface area contributed by atoms with Gasteiger partial charge in [-0.15, -0.1) is 0 Å². The van der Waals surface area contributed by atoms with Crippen LogP contribution in [0.4, 0.5) is 0 Å². The zero-order chi connectivity index (χ0) is 37.2. The summed E-state index contributed by atoms with van der Waals surface area (Å²) in [6.07, 6.45) is 20.7. The van der Waals surface area contributed by atoms with Gasteiger partial charge in [-0.25, -0.2) is 0 Å². The maximum atomic E-state index is 13.0. The first-order valence-corrected chi connectivity index (χ1v) is 20.2. The first-order chi connectivity index (χ1) is 24.2. The molecule has 0 heterocycles. The number of amides is 2. The minimum absolute atomic E-state index is 0.0184. The fraction of sp³-hybridized carbons (Fsp3) is 0.872. The Bertz CT molecular complexity index is 911. The van der Waals surface area contributed by atoms with E-state index in [2.05, 4.69) is 43.3 Å². The summed E-state index contributed by atoms with van der Waals surface area (Å²) in [5.74, 6) is -0.840. The fourth-order valence-corrected chi connectivity index (χ4v) is 5.86. The Labute approximate surface area is 304 Å². The first-order valence-electron chi connectivity index (χ1n) is 20.2. The van der Waals surface area contributed by atoms with Crippen molar-refractivity contribution < 1.29 is 28.7 Å². The maximum absolute atomic E-state index is 13.0. The van der Waals surface area contributed by atoms with Crippen molar-refractivity contribution in [2.24, 2.45) is 28.3 Å². The quantitative estimate of drug-likeness (QED) is 0.0234. The van der Waals surface area contributed by atoms with Crippen LogP contribution in [0.15, 0.2) is 4.99 Å². The predicted molar refractivity (Wildman–Crippen MR) is 203 cm³/mol. The number of nitrogens with zero attached hydrogens (tertiary/aromatic N) is 1. The lowest BCUT2D eigenvalue weighted by molar-refractivity contribution is -0.150. The second-order valence-corrected chi connectivity index (χ2v) is 13.7. The topological polar surface area (TPSA) is 175 Å². The molecule has 0 fully saturated rings. The van der Waals surface area contributed by atoms with Crippen molar-refractivity contribution in [2.75, 3.05) is 26.3 Å². The summed E-state index contributed by atoms with van der Waals surface area (Å²) in [4.78, 5) is 55.0. The minimum atomic E-state index is -0.770. The molecule has 6 N–H and O–H groups in total. The molecule has 0 aromatic rings. The van der Waals surface area contributed by atoms with Gasteiger partial charge in [0.05, 0.1) is 25.0 Å². The summed E-state index contributed by atoms with van der Waals surface area (Å²) in [6.45, 7) is 9.93. The van der Waals surface area contributed by atoms with Crippen LogP contribution in [0.5, 0.6) is 0 Å². The van der Waals surface area contributed by atoms with Gasteiger partial charge in [-0.2, -0.15) is 0 Å². The van der Waals surface area contributed by atoms with Crippen LogP contribution in [0.3, 0.4) is 0 Å². The number of unbranched alkanes of at least 4 members (excludes halogenated alkanes) is 11. The van der Waals surface area contributed by atoms with Crippen LogP contribution in [0, 0.1) is 11.8 Å². The van der Waals surface area contributed by atoms with Gasteiger partial charge in [0.1, 0.15) is 6.04 Å². The monoisotopic (exact) mass is 710 g/mol. The number of carbonyl (C=O) groups is 4. The molecule has 0 aliphatic carbocycles. The van der Waals surface area contributed by atoms with Gasteiger partial charge in [-0.05, 0) is 64.2 Å². The Balaban J connectivity index is 4.56. The number of guanidine groups is 1. The molecule has 0 saturated carbocycles. The standard InChI is InChI=1S/C39H75N5O6/c1-5-9-13-16-24-32(22-11-7-3)37(47)49-30-20-15-18-26-35(45)44-34(27-29-43-39(40)41)36(46)42-28-19-21-31-50-38(48)33(23-12-8-4)25-17-14-10-6-2/h32-34H,5-31H2,1-4H3,(H,42,46)(H,44,45)(H4,40,41,43). The van der Waals surface area contributed by atoms with Crippen LogP contribution >= 0.6 is 0 Å². The summed E-state index contributed by atoms with van der Waals surface area (Å²) >= 11 is 0. The lowest BCUT2D eigenvalue weighted by Crippen LogP contribution is -2.47. The lowest BCUT2D eigenvalue weighted by atomic mass is 9.95. The highest BCUT2D eigenvalue weighted by atomic mass is 16.5. The molecule has 50 heavy (non-hydrogen) atoms. The molecule has 3 atom stereocenters. The molecular formula is C39H75N5O6. The van der Waals surface area contributed by atoms with E-state index in [1.807, 2.05) is 0 Å². The average Bonchev–Trinajstić information content (AvgIpc) is 3.09. The number of esters is 2. The highest BCUT2D eigenvalue weighted by Crippen LogP contribution is 2.20. The lowest BCUT2D eigenvalue weighted by Gasteiger charge is -2.18. The Morgan fingerprint density at radius 2 is 1.06 bits per heavy atom. The van der Waals surface area contributed by atoms with E-state index in [1.54, 1.807) is 0 Å². The zero-order valence-electron chi connectivity index (χ0n) is 32.4. The van der Waals surface area contributed by atoms with E-state index in [-0.39, 0.29) is 60.9 Å². The molecule has 292 valence electrons. The zero-order valence-corrected chi connectivity index (χ0v) is 32.4. The van der Waals surface area contributed by atoms with Gasteiger partial charge in [-0.1, -0.05) is 105 Å². The molecule has 11 heteroatoms. The smallest absolute Gasteiger partial charge is 0.308 e. The van der Waals surface area contributed by atoms with E-state index < -0.39 is 6.04 Å². The van der Waals surface area contributed by atoms with E-state index in [9.17, 15) is 19.2 Å². The number of ether oxygens (including phenoxy) is 2. The molecule has 11 nitrogen and oxygen atoms in total. The number of aliphatic imine (C=N–C) groups is 1. The molecule has 2 amide bonds. The van der Waals surface area contributed by atoms with Crippen molar-refractivity contribution in [3.63, 3.8) is 0 Å². The number of nitrogens with one attached hydrogen (secondary N) is 2. The number of nitrogens with two attached hydrogens (primary N) is 2. The number of hydrogen-bond donors (Lipinski definition) is 4. The van der Waals surface area contributed by atoms with Crippen LogP contribution in [0.2, 0.25) is 0 Å². The van der Waals surface area contributed by atoms with E-state index in [0.29, 0.717) is 45.4 Å². The summed E-state index contributed by atoms with van der Waals surface area (Å²) < 4.78 is 11.2. The van der Waals surface area contributed by atoms with E-state index in [4.69, 9.17) is 20.9 Å². The average molecular weight is 710 g/mol. The molecule has 0 spiro atoms. The molecule has 0 rings (SSSR count). The Kier molecular flexibility index (Phi) is 31.4. The van der Waals surface area contributed by atoms with E-state index >= 15 is 0 Å². The first kappa shape index (κ1) is 47.1. The minimum Gasteiger partial charge on any atom is -0.465 e. The second-order valence-electron chi connectivity index (χ2n) is 13.7. The van der Waals surface area contributed by atoms with Crippen LogP contribution in [-0.4, -0.2) is 62.1 Å². The van der Waals surface area contributed by atoms with Crippen LogP contribution in [-0.2, 0) is 28.7 Å². The Morgan fingerprint density at radius 1 is 0.580 bits per heavy atom. The normalized spacial score (nSPS) is 12.8. The second kappa shape index (κ2) is 33.3. The number of carbonyl (C=O) groups excluding carboxylic acids is 4. The third kappa shape index (κ3) is 26.9. The third-order valence-corrected chi connectivity index (χ3v) is 9.06. The molecule has 0 radical (unpaired) electrons. The van der Waals surface area contributed by atoms with Gasteiger partial charge in [0.2, 0.25) is 11.8 Å². The molecular weight excluding hydrogens is 634 g/mol. The largest absolute Gasteiger partial charge is 0.465 e. The van der Waals surface area contributed by atoms with Crippen molar-refractivity contribution in [2.45, 2.75) is 181 Å². The van der Waals surface area contributed by atoms with Crippen molar-refractivity contribution in [1.29, 1.82) is 0 Å². The van der Waals surface area contributed by atoms with E-state index in [1.165, 1.54) is 25.7 Å². The molecule has 0 aliphatic heterocycles. The van der Waals surface area contributed by atoms with Gasteiger partial charge < -0.3 is 31.6 Å². The Hall–Kier alpha value is -2.85. The van der Waals surface area contributed by atoms with Crippen molar-refractivity contribution in [3.05, 3.63) is 0 Å². The molecule has 0 saturated heterocycles. The molecule has 0 aromatic carbocycles. The number of hydrogen-bond acceptors (Lipinski definition) is 7. The Morgan fingerprint density at radius 3 is 1.56 bits per heavy atom. The summed E-state index contributed by atoms with van der Waals surface area (Å²) in [5, 5.41) is 5.71. The summed E-state index contributed by atoms with van der Waals surface area (Å²) in [5.41, 5.74) is 10.9. The van der Waals surface area contributed by atoms with Gasteiger partial charge in [0.25, 0.3) is 0 Å². The molecule has 0 aromatic heterocycles. The van der Waals surface area contributed by atoms with Crippen LogP contribution < -0.4 is 22.1 Å². The summed E-state index contributed by atoms with van der Waals surface area (Å²) in [7, 11) is 0. The molecule has 0 bridgehead atoms. The fourth-order valence-electron chi connectivity index (χ4n) is 5.86. The van der Waals surface area contributed by atoms with Crippen molar-refractivity contribution >= 4 is 29.7 Å². The third-order valence-electron chi connectivity index (χ3n) is 9.06. The van der Waals surface area contributed by atoms with Crippen LogP contribution in [0.1, 0.15) is 175 Å².